The van der Waals surface area contributed by atoms with Gasteiger partial charge in [0.1, 0.15) is 11.6 Å². The molecule has 0 spiro atoms. The first-order valence-electron chi connectivity index (χ1n) is 5.68. The third-order valence-electron chi connectivity index (χ3n) is 2.58. The minimum absolute atomic E-state index is 0.133. The molecule has 0 saturated heterocycles. The van der Waals surface area contributed by atoms with Crippen LogP contribution in [0.3, 0.4) is 0 Å². The summed E-state index contributed by atoms with van der Waals surface area (Å²) in [4.78, 5) is 12.2. The van der Waals surface area contributed by atoms with Gasteiger partial charge in [0.2, 0.25) is 5.78 Å². The average Bonchev–Trinajstić information content (AvgIpc) is 2.46. The fourth-order valence-electron chi connectivity index (χ4n) is 1.62. The predicted octanol–water partition coefficient (Wildman–Crippen LogP) is 4.24. The van der Waals surface area contributed by atoms with Crippen LogP contribution >= 0.6 is 15.9 Å². The Labute approximate surface area is 120 Å². The third-order valence-corrected chi connectivity index (χ3v) is 3.11. The SMILES string of the molecule is N#CC(=Cc1ccccc1)C(=O)c1ccc(Br)cc1. The van der Waals surface area contributed by atoms with Crippen LogP contribution < -0.4 is 0 Å². The van der Waals surface area contributed by atoms with Gasteiger partial charge in [-0.05, 0) is 35.9 Å². The number of hydrogen-bond acceptors (Lipinski definition) is 2. The van der Waals surface area contributed by atoms with Crippen molar-refractivity contribution in [3.8, 4) is 6.07 Å². The van der Waals surface area contributed by atoms with E-state index < -0.39 is 0 Å². The number of Topliss-reactive ketones (excluding diaryl/α,β-unsaturated/α-hetero) is 1. The minimum atomic E-state index is -0.265. The molecule has 0 atom stereocenters. The summed E-state index contributed by atoms with van der Waals surface area (Å²) in [5, 5.41) is 9.13. The maximum absolute atomic E-state index is 12.2. The lowest BCUT2D eigenvalue weighted by molar-refractivity contribution is 0.104. The van der Waals surface area contributed by atoms with Crippen LogP contribution in [0.25, 0.3) is 6.08 Å². The molecule has 0 aromatic heterocycles. The number of nitrogens with zero attached hydrogens (tertiary/aromatic N) is 1. The monoisotopic (exact) mass is 311 g/mol. The van der Waals surface area contributed by atoms with Crippen LogP contribution in [0.5, 0.6) is 0 Å². The second-order valence-corrected chi connectivity index (χ2v) is 4.83. The highest BCUT2D eigenvalue weighted by atomic mass is 79.9. The third kappa shape index (κ3) is 3.40. The molecule has 19 heavy (non-hydrogen) atoms. The van der Waals surface area contributed by atoms with Crippen LogP contribution in [-0.2, 0) is 0 Å². The number of nitriles is 1. The zero-order valence-corrected chi connectivity index (χ0v) is 11.6. The Bertz CT molecular complexity index is 651. The van der Waals surface area contributed by atoms with Crippen LogP contribution in [0.2, 0.25) is 0 Å². The van der Waals surface area contributed by atoms with E-state index in [-0.39, 0.29) is 11.4 Å². The van der Waals surface area contributed by atoms with E-state index in [0.29, 0.717) is 5.56 Å². The van der Waals surface area contributed by atoms with Gasteiger partial charge in [-0.1, -0.05) is 46.3 Å². The van der Waals surface area contributed by atoms with Crippen molar-refractivity contribution in [3.63, 3.8) is 0 Å². The predicted molar refractivity (Wildman–Crippen MR) is 78.5 cm³/mol. The van der Waals surface area contributed by atoms with E-state index in [1.165, 1.54) is 0 Å². The molecule has 0 bridgehead atoms. The smallest absolute Gasteiger partial charge is 0.203 e. The summed E-state index contributed by atoms with van der Waals surface area (Å²) in [6, 6.07) is 18.2. The molecule has 0 amide bonds. The number of carbonyl (C=O) groups excluding carboxylic acids is 1. The van der Waals surface area contributed by atoms with Gasteiger partial charge in [0.25, 0.3) is 0 Å². The zero-order chi connectivity index (χ0) is 13.7. The number of ketones is 1. The first-order valence-corrected chi connectivity index (χ1v) is 6.47. The Balaban J connectivity index is 2.33. The molecule has 0 unspecified atom stereocenters. The fourth-order valence-corrected chi connectivity index (χ4v) is 1.89. The molecule has 0 N–H and O–H groups in total. The Morgan fingerprint density at radius 3 is 2.26 bits per heavy atom. The van der Waals surface area contributed by atoms with Crippen molar-refractivity contribution >= 4 is 27.8 Å². The number of benzene rings is 2. The number of allylic oxidation sites excluding steroid dienone is 1. The van der Waals surface area contributed by atoms with Crippen LogP contribution in [0.15, 0.2) is 64.6 Å². The summed E-state index contributed by atoms with van der Waals surface area (Å²) >= 11 is 3.31. The standard InChI is InChI=1S/C16H10BrNO/c17-15-8-6-13(7-9-15)16(19)14(11-18)10-12-4-2-1-3-5-12/h1-10H. The highest BCUT2D eigenvalue weighted by molar-refractivity contribution is 9.10. The summed E-state index contributed by atoms with van der Waals surface area (Å²) in [5.74, 6) is -0.265. The number of hydrogen-bond donors (Lipinski definition) is 0. The van der Waals surface area contributed by atoms with Crippen LogP contribution in [-0.4, -0.2) is 5.78 Å². The summed E-state index contributed by atoms with van der Waals surface area (Å²) in [5.41, 5.74) is 1.48. The van der Waals surface area contributed by atoms with Gasteiger partial charge in [0.05, 0.1) is 0 Å². The van der Waals surface area contributed by atoms with Crippen molar-refractivity contribution in [3.05, 3.63) is 75.8 Å². The van der Waals surface area contributed by atoms with E-state index in [1.807, 2.05) is 36.4 Å². The van der Waals surface area contributed by atoms with Crippen LogP contribution in [0.1, 0.15) is 15.9 Å². The van der Waals surface area contributed by atoms with Crippen molar-refractivity contribution in [2.45, 2.75) is 0 Å². The number of rotatable bonds is 3. The van der Waals surface area contributed by atoms with Gasteiger partial charge in [0.15, 0.2) is 0 Å². The lowest BCUT2D eigenvalue weighted by atomic mass is 10.0. The van der Waals surface area contributed by atoms with Gasteiger partial charge in [0, 0.05) is 10.0 Å². The highest BCUT2D eigenvalue weighted by Gasteiger charge is 2.11. The summed E-state index contributed by atoms with van der Waals surface area (Å²) in [6.07, 6.45) is 1.60. The lowest BCUT2D eigenvalue weighted by Crippen LogP contribution is -2.01. The Hall–Kier alpha value is -2.18. The van der Waals surface area contributed by atoms with Gasteiger partial charge < -0.3 is 0 Å². The van der Waals surface area contributed by atoms with E-state index >= 15 is 0 Å². The van der Waals surface area contributed by atoms with Gasteiger partial charge >= 0.3 is 0 Å². The summed E-state index contributed by atoms with van der Waals surface area (Å²) in [7, 11) is 0. The zero-order valence-electron chi connectivity index (χ0n) is 10.0. The van der Waals surface area contributed by atoms with E-state index in [2.05, 4.69) is 15.9 Å². The maximum atomic E-state index is 12.2. The quantitative estimate of drug-likeness (QED) is 0.483. The summed E-state index contributed by atoms with van der Waals surface area (Å²) < 4.78 is 0.898. The molecule has 0 radical (unpaired) electrons. The first-order chi connectivity index (χ1) is 9.20. The second-order valence-electron chi connectivity index (χ2n) is 3.92. The van der Waals surface area contributed by atoms with Crippen molar-refractivity contribution in [2.75, 3.05) is 0 Å². The van der Waals surface area contributed by atoms with E-state index in [1.54, 1.807) is 30.3 Å². The first kappa shape index (κ1) is 13.3. The van der Waals surface area contributed by atoms with Crippen molar-refractivity contribution in [2.24, 2.45) is 0 Å². The molecule has 0 aliphatic heterocycles. The molecule has 2 aromatic carbocycles. The van der Waals surface area contributed by atoms with Gasteiger partial charge in [-0.25, -0.2) is 0 Å². The maximum Gasteiger partial charge on any atom is 0.203 e. The molecule has 2 aromatic rings. The molecule has 0 aliphatic carbocycles. The molecular formula is C16H10BrNO. The topological polar surface area (TPSA) is 40.9 Å². The number of halogens is 1. The minimum Gasteiger partial charge on any atom is -0.288 e. The number of carbonyl (C=O) groups is 1. The lowest BCUT2D eigenvalue weighted by Gasteiger charge is -2.00. The molecule has 2 rings (SSSR count). The second kappa shape index (κ2) is 6.12. The van der Waals surface area contributed by atoms with Crippen molar-refractivity contribution in [1.82, 2.24) is 0 Å². The molecule has 0 heterocycles. The molecule has 0 aliphatic rings. The fraction of sp³-hybridized carbons (Fsp3) is 0. The van der Waals surface area contributed by atoms with Gasteiger partial charge in [-0.2, -0.15) is 5.26 Å². The molecular weight excluding hydrogens is 302 g/mol. The van der Waals surface area contributed by atoms with Crippen molar-refractivity contribution in [1.29, 1.82) is 5.26 Å². The molecule has 0 saturated carbocycles. The molecule has 3 heteroatoms. The molecule has 92 valence electrons. The highest BCUT2D eigenvalue weighted by Crippen LogP contribution is 2.15. The van der Waals surface area contributed by atoms with Crippen molar-refractivity contribution < 1.29 is 4.79 Å². The summed E-state index contributed by atoms with van der Waals surface area (Å²) in [6.45, 7) is 0. The Kier molecular flexibility index (Phi) is 4.27. The van der Waals surface area contributed by atoms with Crippen LogP contribution in [0, 0.1) is 11.3 Å². The molecule has 2 nitrogen and oxygen atoms in total. The average molecular weight is 312 g/mol. The van der Waals surface area contributed by atoms with Gasteiger partial charge in [-0.3, -0.25) is 4.79 Å². The largest absolute Gasteiger partial charge is 0.288 e. The molecule has 0 fully saturated rings. The Morgan fingerprint density at radius 1 is 1.05 bits per heavy atom. The van der Waals surface area contributed by atoms with Crippen LogP contribution in [0.4, 0.5) is 0 Å². The van der Waals surface area contributed by atoms with E-state index in [4.69, 9.17) is 5.26 Å². The van der Waals surface area contributed by atoms with Gasteiger partial charge in [-0.15, -0.1) is 0 Å². The normalized spacial score (nSPS) is 10.8. The van der Waals surface area contributed by atoms with E-state index in [9.17, 15) is 4.79 Å². The van der Waals surface area contributed by atoms with E-state index in [0.717, 1.165) is 10.0 Å². The Morgan fingerprint density at radius 2 is 1.68 bits per heavy atom.